The van der Waals surface area contributed by atoms with Gasteiger partial charge in [-0.15, -0.1) is 0 Å². The second-order valence-corrected chi connectivity index (χ2v) is 4.50. The Bertz CT molecular complexity index is 520. The first-order valence-corrected chi connectivity index (χ1v) is 6.16. The summed E-state index contributed by atoms with van der Waals surface area (Å²) in [6.45, 7) is 1.35. The predicted octanol–water partition coefficient (Wildman–Crippen LogP) is 0.309. The Morgan fingerprint density at radius 1 is 1.10 bits per heavy atom. The molecule has 0 spiro atoms. The van der Waals surface area contributed by atoms with Crippen molar-refractivity contribution in [2.24, 2.45) is 11.7 Å². The van der Waals surface area contributed by atoms with Crippen LogP contribution >= 0.6 is 0 Å². The van der Waals surface area contributed by atoms with E-state index >= 15 is 0 Å². The van der Waals surface area contributed by atoms with Gasteiger partial charge in [-0.3, -0.25) is 4.79 Å². The summed E-state index contributed by atoms with van der Waals surface area (Å²) in [5.74, 6) is -3.68. The van der Waals surface area contributed by atoms with Crippen LogP contribution in [0.25, 0.3) is 0 Å². The minimum atomic E-state index is -1.42. The van der Waals surface area contributed by atoms with E-state index in [2.05, 4.69) is 10.6 Å². The van der Waals surface area contributed by atoms with Crippen LogP contribution in [0, 0.1) is 5.92 Å². The normalized spacial score (nSPS) is 14.6. The summed E-state index contributed by atoms with van der Waals surface area (Å²) in [7, 11) is 0. The topological polar surface area (TPSA) is 142 Å². The van der Waals surface area contributed by atoms with Gasteiger partial charge < -0.3 is 26.6 Å². The summed E-state index contributed by atoms with van der Waals surface area (Å²) in [4.78, 5) is 33.7. The number of nitrogens with one attached hydrogen (secondary N) is 2. The van der Waals surface area contributed by atoms with Crippen molar-refractivity contribution in [2.75, 3.05) is 5.32 Å². The highest BCUT2D eigenvalue weighted by Crippen LogP contribution is 2.10. The van der Waals surface area contributed by atoms with E-state index in [1.165, 1.54) is 6.92 Å². The van der Waals surface area contributed by atoms with Gasteiger partial charge in [0.05, 0.1) is 0 Å². The van der Waals surface area contributed by atoms with Gasteiger partial charge >= 0.3 is 18.0 Å². The van der Waals surface area contributed by atoms with E-state index in [9.17, 15) is 14.4 Å². The molecule has 0 saturated heterocycles. The molecule has 0 radical (unpaired) electrons. The zero-order valence-corrected chi connectivity index (χ0v) is 11.3. The molecule has 0 aromatic heterocycles. The summed E-state index contributed by atoms with van der Waals surface area (Å²) in [6.07, 6.45) is 0. The highest BCUT2D eigenvalue weighted by molar-refractivity contribution is 5.92. The molecule has 114 valence electrons. The number of carbonyl (C=O) groups is 3. The van der Waals surface area contributed by atoms with Gasteiger partial charge in [0.2, 0.25) is 0 Å². The monoisotopic (exact) mass is 295 g/mol. The lowest BCUT2D eigenvalue weighted by molar-refractivity contribution is -0.143. The summed E-state index contributed by atoms with van der Waals surface area (Å²) in [5.41, 5.74) is 5.87. The number of urea groups is 1. The predicted molar refractivity (Wildman–Crippen MR) is 74.8 cm³/mol. The standard InChI is InChI=1S/C13H17N3O5/c1-7(9(14)11(17)18)10(12(19)20)16-13(21)15-8-5-3-2-4-6-8/h2-7,9-10H,14H2,1H3,(H,17,18)(H,19,20)(H2,15,16,21)/t7?,9?,10-/m0/s1. The fourth-order valence-electron chi connectivity index (χ4n) is 1.68. The molecule has 0 fully saturated rings. The largest absolute Gasteiger partial charge is 0.480 e. The van der Waals surface area contributed by atoms with Crippen LogP contribution in [-0.4, -0.2) is 40.3 Å². The zero-order valence-electron chi connectivity index (χ0n) is 11.3. The maximum atomic E-state index is 11.8. The number of hydrogen-bond acceptors (Lipinski definition) is 4. The van der Waals surface area contributed by atoms with Gasteiger partial charge in [-0.2, -0.15) is 0 Å². The van der Waals surface area contributed by atoms with Crippen molar-refractivity contribution < 1.29 is 24.6 Å². The number of benzene rings is 1. The maximum Gasteiger partial charge on any atom is 0.326 e. The van der Waals surface area contributed by atoms with Gasteiger partial charge in [-0.05, 0) is 12.1 Å². The van der Waals surface area contributed by atoms with Gasteiger partial charge in [0.25, 0.3) is 0 Å². The van der Waals surface area contributed by atoms with Gasteiger partial charge in [-0.1, -0.05) is 25.1 Å². The van der Waals surface area contributed by atoms with Crippen molar-refractivity contribution in [3.63, 3.8) is 0 Å². The number of rotatable bonds is 6. The Kier molecular flexibility index (Phi) is 5.67. The lowest BCUT2D eigenvalue weighted by Gasteiger charge is -2.24. The third kappa shape index (κ3) is 4.77. The highest BCUT2D eigenvalue weighted by Gasteiger charge is 2.33. The van der Waals surface area contributed by atoms with Crippen LogP contribution in [0.5, 0.6) is 0 Å². The van der Waals surface area contributed by atoms with Crippen LogP contribution in [-0.2, 0) is 9.59 Å². The summed E-state index contributed by atoms with van der Waals surface area (Å²) in [6, 6.07) is 4.85. The first kappa shape index (κ1) is 16.4. The first-order chi connectivity index (χ1) is 9.82. The zero-order chi connectivity index (χ0) is 16.0. The molecule has 8 nitrogen and oxygen atoms in total. The van der Waals surface area contributed by atoms with Crippen molar-refractivity contribution in [2.45, 2.75) is 19.0 Å². The molecule has 2 amide bonds. The fourth-order valence-corrected chi connectivity index (χ4v) is 1.68. The molecule has 8 heteroatoms. The summed E-state index contributed by atoms with van der Waals surface area (Å²) in [5, 5.41) is 22.6. The maximum absolute atomic E-state index is 11.8. The number of aliphatic carboxylic acids is 2. The van der Waals surface area contributed by atoms with Crippen LogP contribution in [0.1, 0.15) is 6.92 Å². The van der Waals surface area contributed by atoms with E-state index in [-0.39, 0.29) is 0 Å². The molecule has 1 aromatic rings. The van der Waals surface area contributed by atoms with E-state index in [4.69, 9.17) is 15.9 Å². The van der Waals surface area contributed by atoms with Crippen LogP contribution in [0.4, 0.5) is 10.5 Å². The van der Waals surface area contributed by atoms with Crippen molar-refractivity contribution >= 4 is 23.7 Å². The molecule has 6 N–H and O–H groups in total. The Balaban J connectivity index is 2.72. The number of hydrogen-bond donors (Lipinski definition) is 5. The minimum Gasteiger partial charge on any atom is -0.480 e. The second kappa shape index (κ2) is 7.25. The average molecular weight is 295 g/mol. The molecule has 21 heavy (non-hydrogen) atoms. The quantitative estimate of drug-likeness (QED) is 0.511. The Morgan fingerprint density at radius 3 is 2.14 bits per heavy atom. The number of para-hydroxylation sites is 1. The van der Waals surface area contributed by atoms with Gasteiger partial charge in [0, 0.05) is 11.6 Å². The minimum absolute atomic E-state index is 0.481. The molecular weight excluding hydrogens is 278 g/mol. The van der Waals surface area contributed by atoms with E-state index in [1.807, 2.05) is 0 Å². The van der Waals surface area contributed by atoms with Gasteiger partial charge in [0.15, 0.2) is 0 Å². The number of nitrogens with two attached hydrogens (primary N) is 1. The molecule has 0 aliphatic heterocycles. The second-order valence-electron chi connectivity index (χ2n) is 4.50. The Labute approximate surface area is 120 Å². The highest BCUT2D eigenvalue weighted by atomic mass is 16.4. The molecule has 0 bridgehead atoms. The molecule has 0 saturated carbocycles. The van der Waals surface area contributed by atoms with E-state index in [0.717, 1.165) is 0 Å². The molecular formula is C13H17N3O5. The van der Waals surface area contributed by atoms with Crippen LogP contribution in [0.3, 0.4) is 0 Å². The third-order valence-corrected chi connectivity index (χ3v) is 2.96. The van der Waals surface area contributed by atoms with Crippen molar-refractivity contribution in [3.8, 4) is 0 Å². The van der Waals surface area contributed by atoms with Gasteiger partial charge in [-0.25, -0.2) is 9.59 Å². The lowest BCUT2D eigenvalue weighted by atomic mass is 9.94. The Morgan fingerprint density at radius 2 is 1.67 bits per heavy atom. The van der Waals surface area contributed by atoms with E-state index in [1.54, 1.807) is 30.3 Å². The van der Waals surface area contributed by atoms with Crippen LogP contribution in [0.2, 0.25) is 0 Å². The number of anilines is 1. The fraction of sp³-hybridized carbons (Fsp3) is 0.308. The Hall–Kier alpha value is -2.61. The lowest BCUT2D eigenvalue weighted by Crippen LogP contribution is -2.53. The van der Waals surface area contributed by atoms with E-state index in [0.29, 0.717) is 5.69 Å². The summed E-state index contributed by atoms with van der Waals surface area (Å²) >= 11 is 0. The molecule has 1 aromatic carbocycles. The van der Waals surface area contributed by atoms with Crippen molar-refractivity contribution in [1.29, 1.82) is 0 Å². The average Bonchev–Trinajstić information content (AvgIpc) is 2.43. The number of carboxylic acid groups (broad SMARTS) is 2. The molecule has 2 unspecified atom stereocenters. The first-order valence-electron chi connectivity index (χ1n) is 6.16. The van der Waals surface area contributed by atoms with Crippen molar-refractivity contribution in [3.05, 3.63) is 30.3 Å². The molecule has 0 heterocycles. The van der Waals surface area contributed by atoms with Gasteiger partial charge in [0.1, 0.15) is 12.1 Å². The summed E-state index contributed by atoms with van der Waals surface area (Å²) < 4.78 is 0. The number of amides is 2. The van der Waals surface area contributed by atoms with Crippen LogP contribution < -0.4 is 16.4 Å². The van der Waals surface area contributed by atoms with Crippen molar-refractivity contribution in [1.82, 2.24) is 5.32 Å². The van der Waals surface area contributed by atoms with E-state index < -0.39 is 36.0 Å². The number of carboxylic acids is 2. The SMILES string of the molecule is CC(C(N)C(=O)O)[C@H](NC(=O)Nc1ccccc1)C(=O)O. The third-order valence-electron chi connectivity index (χ3n) is 2.96. The number of carbonyl (C=O) groups excluding carboxylic acids is 1. The molecule has 1 rings (SSSR count). The molecule has 0 aliphatic carbocycles. The molecule has 3 atom stereocenters. The van der Waals surface area contributed by atoms with Crippen LogP contribution in [0.15, 0.2) is 30.3 Å². The smallest absolute Gasteiger partial charge is 0.326 e. The molecule has 0 aliphatic rings.